The second kappa shape index (κ2) is 13.1. The van der Waals surface area contributed by atoms with Gasteiger partial charge in [0.05, 0.1) is 10.2 Å². The van der Waals surface area contributed by atoms with Crippen molar-refractivity contribution in [2.24, 2.45) is 0 Å². The zero-order valence-corrected chi connectivity index (χ0v) is 10.9. The van der Waals surface area contributed by atoms with Crippen LogP contribution < -0.4 is 0 Å². The second-order valence-electron chi connectivity index (χ2n) is 2.94. The summed E-state index contributed by atoms with van der Waals surface area (Å²) in [7, 11) is 0. The third kappa shape index (κ3) is 25.4. The van der Waals surface area contributed by atoms with Gasteiger partial charge >= 0.3 is 21.1 Å². The summed E-state index contributed by atoms with van der Waals surface area (Å²) >= 11 is 0. The van der Waals surface area contributed by atoms with Crippen LogP contribution in [-0.4, -0.2) is 22.3 Å². The fourth-order valence-corrected chi connectivity index (χ4v) is 1.13. The van der Waals surface area contributed by atoms with Crippen molar-refractivity contribution in [3.8, 4) is 0 Å². The van der Waals surface area contributed by atoms with E-state index in [4.69, 9.17) is 42.1 Å². The van der Waals surface area contributed by atoms with Crippen LogP contribution in [-0.2, 0) is 21.1 Å². The number of nitrogens with zero attached hydrogens (tertiary/aromatic N) is 2. The van der Waals surface area contributed by atoms with Crippen LogP contribution in [0, 0.1) is 30.6 Å². The zero-order valence-electron chi connectivity index (χ0n) is 8.64. The molecular formula is C6H12N4O6Pt. The van der Waals surface area contributed by atoms with Crippen LogP contribution in [0.15, 0.2) is 0 Å². The Morgan fingerprint density at radius 1 is 0.824 bits per heavy atom. The molecule has 0 aliphatic heterocycles. The molecule has 0 aromatic carbocycles. The predicted molar refractivity (Wildman–Crippen MR) is 55.4 cm³/mol. The van der Waals surface area contributed by atoms with E-state index < -0.39 is 10.2 Å². The average molecular weight is 431 g/mol. The Morgan fingerprint density at radius 2 is 1.00 bits per heavy atom. The van der Waals surface area contributed by atoms with E-state index in [1.54, 1.807) is 0 Å². The fourth-order valence-electron chi connectivity index (χ4n) is 1.13. The average Bonchev–Trinajstić information content (AvgIpc) is 2.08. The molecule has 0 aromatic rings. The van der Waals surface area contributed by atoms with Gasteiger partial charge in [0.1, 0.15) is 0 Å². The first-order valence-electron chi connectivity index (χ1n) is 4.32. The number of hydrogen-bond acceptors (Lipinski definition) is 6. The Morgan fingerprint density at radius 3 is 1.12 bits per heavy atom. The van der Waals surface area contributed by atoms with E-state index in [2.05, 4.69) is 0 Å². The van der Waals surface area contributed by atoms with Gasteiger partial charge in [0.2, 0.25) is 0 Å². The van der Waals surface area contributed by atoms with Gasteiger partial charge in [-0.2, -0.15) is 12.1 Å². The number of nitrogens with one attached hydrogen (secondary N) is 2. The summed E-state index contributed by atoms with van der Waals surface area (Å²) in [6, 6.07) is -0.160. The van der Waals surface area contributed by atoms with Crippen LogP contribution in [0.2, 0.25) is 0 Å². The Hall–Kier alpha value is -0.992. The van der Waals surface area contributed by atoms with Crippen molar-refractivity contribution in [3.63, 3.8) is 0 Å². The Labute approximate surface area is 111 Å². The van der Waals surface area contributed by atoms with E-state index in [0.717, 1.165) is 12.8 Å². The van der Waals surface area contributed by atoms with E-state index in [1.807, 2.05) is 0 Å². The Balaban J connectivity index is -0.000000189. The molecule has 102 valence electrons. The van der Waals surface area contributed by atoms with Crippen LogP contribution in [0.4, 0.5) is 0 Å². The van der Waals surface area contributed by atoms with Crippen molar-refractivity contribution >= 4 is 0 Å². The molecule has 0 saturated heterocycles. The summed E-state index contributed by atoms with van der Waals surface area (Å²) in [4.78, 5) is 16.5. The molecule has 0 spiro atoms. The molecule has 0 radical (unpaired) electrons. The number of hydrogen-bond donors (Lipinski definition) is 0. The van der Waals surface area contributed by atoms with Gasteiger partial charge < -0.3 is 42.1 Å². The van der Waals surface area contributed by atoms with Crippen LogP contribution in [0.1, 0.15) is 25.7 Å². The van der Waals surface area contributed by atoms with Crippen molar-refractivity contribution in [1.29, 1.82) is 0 Å². The fraction of sp³-hybridized carbons (Fsp3) is 1.00. The summed E-state index contributed by atoms with van der Waals surface area (Å²) in [5.74, 6) is 0. The molecule has 0 unspecified atom stereocenters. The van der Waals surface area contributed by atoms with E-state index in [-0.39, 0.29) is 33.1 Å². The van der Waals surface area contributed by atoms with Crippen molar-refractivity contribution in [2.75, 3.05) is 0 Å². The molecule has 17 heavy (non-hydrogen) atoms. The normalized spacial score (nSPS) is 21.5. The summed E-state index contributed by atoms with van der Waals surface area (Å²) in [5.41, 5.74) is 14.6. The molecule has 0 amide bonds. The standard InChI is InChI=1S/C6H12N2.2NO3.Pt/c7-5-3-1-2-4-6(5)8;2*2-1(3)4;/h5-8H,1-4H2;;;/q-2;2*-1;+4/t5-,6-;;;/m1.../s1. The molecule has 1 aliphatic carbocycles. The van der Waals surface area contributed by atoms with E-state index >= 15 is 0 Å². The van der Waals surface area contributed by atoms with Crippen LogP contribution in [0.5, 0.6) is 0 Å². The maximum absolute atomic E-state index is 8.25. The summed E-state index contributed by atoms with van der Waals surface area (Å²) in [5, 5.41) is 29.5. The molecule has 0 heterocycles. The minimum Gasteiger partial charge on any atom is -0.676 e. The van der Waals surface area contributed by atoms with Gasteiger partial charge in [-0.3, -0.25) is 0 Å². The molecule has 2 atom stereocenters. The molecule has 0 aromatic heterocycles. The minimum atomic E-state index is -1.75. The quantitative estimate of drug-likeness (QED) is 0.417. The smallest absolute Gasteiger partial charge is 0.676 e. The topological polar surface area (TPSA) is 180 Å². The first-order valence-corrected chi connectivity index (χ1v) is 4.32. The zero-order chi connectivity index (χ0) is 13.1. The van der Waals surface area contributed by atoms with Crippen molar-refractivity contribution in [2.45, 2.75) is 37.8 Å². The van der Waals surface area contributed by atoms with Gasteiger partial charge in [-0.15, -0.1) is 0 Å². The Kier molecular flexibility index (Phi) is 16.4. The number of rotatable bonds is 0. The molecule has 11 heteroatoms. The van der Waals surface area contributed by atoms with E-state index in [0.29, 0.717) is 0 Å². The van der Waals surface area contributed by atoms with Crippen molar-refractivity contribution in [3.05, 3.63) is 42.1 Å². The molecule has 1 saturated carbocycles. The molecular weight excluding hydrogens is 419 g/mol. The van der Waals surface area contributed by atoms with Crippen molar-refractivity contribution < 1.29 is 31.2 Å². The van der Waals surface area contributed by atoms with E-state index in [9.17, 15) is 0 Å². The Bertz CT molecular complexity index is 189. The first kappa shape index (κ1) is 21.3. The van der Waals surface area contributed by atoms with Crippen LogP contribution >= 0.6 is 0 Å². The van der Waals surface area contributed by atoms with Gasteiger partial charge in [0.15, 0.2) is 0 Å². The van der Waals surface area contributed by atoms with Gasteiger partial charge in [0, 0.05) is 0 Å². The van der Waals surface area contributed by atoms with Crippen LogP contribution in [0.25, 0.3) is 11.5 Å². The summed E-state index contributed by atoms with van der Waals surface area (Å²) < 4.78 is 0. The van der Waals surface area contributed by atoms with Gasteiger partial charge in [-0.25, -0.2) is 0 Å². The van der Waals surface area contributed by atoms with Crippen LogP contribution in [0.3, 0.4) is 0 Å². The maximum atomic E-state index is 8.25. The molecule has 1 aliphatic rings. The van der Waals surface area contributed by atoms with Gasteiger partial charge in [-0.1, -0.05) is 25.7 Å². The van der Waals surface area contributed by atoms with Crippen molar-refractivity contribution in [1.82, 2.24) is 0 Å². The SMILES string of the molecule is O=[N+]([O-])[O-].O=[N+]([O-])[O-].[NH-][C@@H]1CCCC[C@H]1[NH-].[Pt+4]. The predicted octanol–water partition coefficient (Wildman–Crippen LogP) is 1.92. The largest absolute Gasteiger partial charge is 4.00 e. The van der Waals surface area contributed by atoms with Gasteiger partial charge in [0.25, 0.3) is 0 Å². The third-order valence-electron chi connectivity index (χ3n) is 1.77. The summed E-state index contributed by atoms with van der Waals surface area (Å²) in [6.45, 7) is 0. The monoisotopic (exact) mass is 431 g/mol. The molecule has 2 N–H and O–H groups in total. The minimum absolute atomic E-state index is 0. The third-order valence-corrected chi connectivity index (χ3v) is 1.77. The first-order chi connectivity index (χ1) is 7.27. The van der Waals surface area contributed by atoms with Gasteiger partial charge in [-0.05, 0) is 0 Å². The molecule has 0 bridgehead atoms. The van der Waals surface area contributed by atoms with E-state index in [1.165, 1.54) is 12.8 Å². The molecule has 1 fully saturated rings. The molecule has 10 nitrogen and oxygen atoms in total. The maximum Gasteiger partial charge on any atom is 4.00 e. The summed E-state index contributed by atoms with van der Waals surface area (Å²) in [6.07, 6.45) is 4.25. The second-order valence-corrected chi connectivity index (χ2v) is 2.94. The molecule has 1 rings (SSSR count).